The van der Waals surface area contributed by atoms with Gasteiger partial charge in [0.05, 0.1) is 23.3 Å². The van der Waals surface area contributed by atoms with Crippen LogP contribution in [0.25, 0.3) is 44.6 Å². The summed E-state index contributed by atoms with van der Waals surface area (Å²) in [5, 5.41) is 13.0. The second-order valence-corrected chi connectivity index (χ2v) is 9.06. The summed E-state index contributed by atoms with van der Waals surface area (Å²) in [6, 6.07) is 8.47. The van der Waals surface area contributed by atoms with E-state index in [4.69, 9.17) is 0 Å². The molecule has 35 heavy (non-hydrogen) atoms. The van der Waals surface area contributed by atoms with Crippen molar-refractivity contribution in [2.75, 3.05) is 23.3 Å². The van der Waals surface area contributed by atoms with E-state index in [-0.39, 0.29) is 0 Å². The number of rotatable bonds is 6. The maximum absolute atomic E-state index is 4.61. The zero-order valence-corrected chi connectivity index (χ0v) is 19.8. The first-order valence-electron chi connectivity index (χ1n) is 12.2. The second kappa shape index (κ2) is 8.87. The topological polar surface area (TPSA) is 98.4 Å². The van der Waals surface area contributed by atoms with Crippen LogP contribution in [-0.2, 0) is 0 Å². The van der Waals surface area contributed by atoms with Gasteiger partial charge in [-0.05, 0) is 49.9 Å². The molecular weight excluding hydrogens is 436 g/mol. The van der Waals surface area contributed by atoms with E-state index in [1.54, 1.807) is 6.20 Å². The number of fused-ring (bicyclic) bond motifs is 2. The number of piperidine rings is 1. The van der Waals surface area contributed by atoms with Crippen molar-refractivity contribution in [1.82, 2.24) is 30.1 Å². The highest BCUT2D eigenvalue weighted by atomic mass is 15.2. The zero-order valence-electron chi connectivity index (χ0n) is 19.8. The quantitative estimate of drug-likeness (QED) is 0.290. The summed E-state index contributed by atoms with van der Waals surface area (Å²) in [7, 11) is 0. The molecule has 6 heterocycles. The van der Waals surface area contributed by atoms with Crippen molar-refractivity contribution >= 4 is 33.4 Å². The highest BCUT2D eigenvalue weighted by molar-refractivity contribution is 5.98. The standard InChI is InChI=1S/C27H28N8/c1-3-17(2)31-20-11-18(14-28-16-20)19-12-22-25(33-34-27(22)30-15-19)23-13-21-24(7-8-29-26(21)32-23)35-9-5-4-6-10-35/h7-8,11-16,31H,2-6,9-10H2,1H3,(H,29,32)(H,30,33,34). The summed E-state index contributed by atoms with van der Waals surface area (Å²) >= 11 is 0. The molecule has 3 N–H and O–H groups in total. The van der Waals surface area contributed by atoms with Gasteiger partial charge in [-0.2, -0.15) is 5.10 Å². The number of anilines is 2. The van der Waals surface area contributed by atoms with Crippen molar-refractivity contribution in [3.63, 3.8) is 0 Å². The number of allylic oxidation sites excluding steroid dienone is 1. The molecule has 0 aromatic carbocycles. The van der Waals surface area contributed by atoms with E-state index in [1.807, 2.05) is 18.6 Å². The molecule has 0 radical (unpaired) electrons. The largest absolute Gasteiger partial charge is 0.371 e. The van der Waals surface area contributed by atoms with Crippen LogP contribution >= 0.6 is 0 Å². The second-order valence-electron chi connectivity index (χ2n) is 9.06. The van der Waals surface area contributed by atoms with Gasteiger partial charge in [-0.15, -0.1) is 0 Å². The number of nitrogens with one attached hydrogen (secondary N) is 3. The Morgan fingerprint density at radius 2 is 1.89 bits per heavy atom. The number of nitrogens with zero attached hydrogens (tertiary/aromatic N) is 5. The van der Waals surface area contributed by atoms with Gasteiger partial charge in [0.1, 0.15) is 5.65 Å². The van der Waals surface area contributed by atoms with Crippen LogP contribution in [0, 0.1) is 0 Å². The Kier molecular flexibility index (Phi) is 5.41. The minimum absolute atomic E-state index is 0.674. The molecule has 0 atom stereocenters. The van der Waals surface area contributed by atoms with Gasteiger partial charge < -0.3 is 15.2 Å². The van der Waals surface area contributed by atoms with Crippen molar-refractivity contribution < 1.29 is 0 Å². The summed E-state index contributed by atoms with van der Waals surface area (Å²) in [5.74, 6) is 0. The summed E-state index contributed by atoms with van der Waals surface area (Å²) < 4.78 is 0. The Labute approximate surface area is 203 Å². The molecule has 6 rings (SSSR count). The molecule has 5 aromatic heterocycles. The number of hydrogen-bond acceptors (Lipinski definition) is 6. The predicted octanol–water partition coefficient (Wildman–Crippen LogP) is 5.89. The molecule has 1 aliphatic rings. The van der Waals surface area contributed by atoms with Gasteiger partial charge in [-0.25, -0.2) is 9.97 Å². The highest BCUT2D eigenvalue weighted by Crippen LogP contribution is 2.34. The molecule has 1 fully saturated rings. The number of aromatic nitrogens is 6. The van der Waals surface area contributed by atoms with Crippen molar-refractivity contribution in [3.8, 4) is 22.5 Å². The molecule has 8 nitrogen and oxygen atoms in total. The number of pyridine rings is 3. The Morgan fingerprint density at radius 3 is 2.74 bits per heavy atom. The van der Waals surface area contributed by atoms with Crippen molar-refractivity contribution in [2.24, 2.45) is 0 Å². The van der Waals surface area contributed by atoms with E-state index in [9.17, 15) is 0 Å². The van der Waals surface area contributed by atoms with Gasteiger partial charge in [0, 0.05) is 65.0 Å². The Hall–Kier alpha value is -4.20. The Morgan fingerprint density at radius 1 is 1.03 bits per heavy atom. The third-order valence-electron chi connectivity index (χ3n) is 6.70. The first-order chi connectivity index (χ1) is 17.2. The van der Waals surface area contributed by atoms with Gasteiger partial charge in [0.15, 0.2) is 5.65 Å². The molecular formula is C27H28N8. The maximum Gasteiger partial charge on any atom is 0.181 e. The van der Waals surface area contributed by atoms with Gasteiger partial charge in [-0.3, -0.25) is 10.1 Å². The summed E-state index contributed by atoms with van der Waals surface area (Å²) in [6.07, 6.45) is 12.0. The average molecular weight is 465 g/mol. The van der Waals surface area contributed by atoms with E-state index in [0.29, 0.717) is 5.65 Å². The smallest absolute Gasteiger partial charge is 0.181 e. The third kappa shape index (κ3) is 4.01. The van der Waals surface area contributed by atoms with E-state index in [2.05, 4.69) is 78.1 Å². The Bertz CT molecular complexity index is 1520. The lowest BCUT2D eigenvalue weighted by Gasteiger charge is -2.29. The molecule has 0 amide bonds. The van der Waals surface area contributed by atoms with Crippen LogP contribution in [0.3, 0.4) is 0 Å². The molecule has 1 saturated heterocycles. The lowest BCUT2D eigenvalue weighted by Crippen LogP contribution is -2.29. The highest BCUT2D eigenvalue weighted by Gasteiger charge is 2.18. The van der Waals surface area contributed by atoms with E-state index >= 15 is 0 Å². The van der Waals surface area contributed by atoms with Gasteiger partial charge in [0.25, 0.3) is 0 Å². The first-order valence-corrected chi connectivity index (χ1v) is 12.2. The lowest BCUT2D eigenvalue weighted by molar-refractivity contribution is 0.579. The molecule has 0 aliphatic carbocycles. The molecule has 0 unspecified atom stereocenters. The van der Waals surface area contributed by atoms with E-state index in [1.165, 1.54) is 24.9 Å². The first kappa shape index (κ1) is 21.3. The van der Waals surface area contributed by atoms with Crippen LogP contribution in [0.5, 0.6) is 0 Å². The van der Waals surface area contributed by atoms with Gasteiger partial charge >= 0.3 is 0 Å². The molecule has 8 heteroatoms. The third-order valence-corrected chi connectivity index (χ3v) is 6.70. The van der Waals surface area contributed by atoms with Crippen LogP contribution in [0.15, 0.2) is 61.3 Å². The number of H-pyrrole nitrogens is 2. The molecule has 176 valence electrons. The van der Waals surface area contributed by atoms with Crippen molar-refractivity contribution in [2.45, 2.75) is 32.6 Å². The van der Waals surface area contributed by atoms with Crippen LogP contribution in [0.2, 0.25) is 0 Å². The van der Waals surface area contributed by atoms with Crippen LogP contribution < -0.4 is 10.2 Å². The summed E-state index contributed by atoms with van der Waals surface area (Å²) in [6.45, 7) is 8.28. The molecule has 5 aromatic rings. The summed E-state index contributed by atoms with van der Waals surface area (Å²) in [4.78, 5) is 19.6. The minimum atomic E-state index is 0.674. The monoisotopic (exact) mass is 464 g/mol. The number of hydrogen-bond donors (Lipinski definition) is 3. The van der Waals surface area contributed by atoms with E-state index in [0.717, 1.165) is 69.8 Å². The minimum Gasteiger partial charge on any atom is -0.371 e. The van der Waals surface area contributed by atoms with Crippen LogP contribution in [0.1, 0.15) is 32.6 Å². The number of aromatic amines is 2. The maximum atomic E-state index is 4.61. The molecule has 0 saturated carbocycles. The lowest BCUT2D eigenvalue weighted by atomic mass is 10.1. The van der Waals surface area contributed by atoms with Crippen molar-refractivity contribution in [1.29, 1.82) is 0 Å². The van der Waals surface area contributed by atoms with Gasteiger partial charge in [0.2, 0.25) is 0 Å². The average Bonchev–Trinajstić information content (AvgIpc) is 3.53. The van der Waals surface area contributed by atoms with Crippen LogP contribution in [-0.4, -0.2) is 43.2 Å². The van der Waals surface area contributed by atoms with Gasteiger partial charge in [-0.1, -0.05) is 13.5 Å². The fourth-order valence-corrected chi connectivity index (χ4v) is 4.78. The SMILES string of the molecule is C=C(CC)Nc1cncc(-c2cnc3n[nH]c(-c4cc5c(N6CCCCC6)ccnc5[nH]4)c3c2)c1. The van der Waals surface area contributed by atoms with E-state index < -0.39 is 0 Å². The van der Waals surface area contributed by atoms with Crippen molar-refractivity contribution in [3.05, 3.63) is 61.3 Å². The zero-order chi connectivity index (χ0) is 23.8. The van der Waals surface area contributed by atoms with Crippen LogP contribution in [0.4, 0.5) is 11.4 Å². The molecule has 0 spiro atoms. The molecule has 1 aliphatic heterocycles. The fourth-order valence-electron chi connectivity index (χ4n) is 4.78. The summed E-state index contributed by atoms with van der Waals surface area (Å²) in [5.41, 5.74) is 8.46. The fraction of sp³-hybridized carbons (Fsp3) is 0.259. The Balaban J connectivity index is 1.39. The molecule has 0 bridgehead atoms. The normalized spacial score (nSPS) is 14.0. The predicted molar refractivity (Wildman–Crippen MR) is 141 cm³/mol.